The van der Waals surface area contributed by atoms with Gasteiger partial charge in [-0.2, -0.15) is 0 Å². The molecule has 0 saturated carbocycles. The van der Waals surface area contributed by atoms with E-state index in [1.54, 1.807) is 29.5 Å². The second-order valence-corrected chi connectivity index (χ2v) is 9.03. The summed E-state index contributed by atoms with van der Waals surface area (Å²) >= 11 is 1.64. The summed E-state index contributed by atoms with van der Waals surface area (Å²) in [5, 5.41) is 0.992. The van der Waals surface area contributed by atoms with Crippen molar-refractivity contribution in [2.45, 2.75) is 26.2 Å². The summed E-state index contributed by atoms with van der Waals surface area (Å²) in [5.41, 5.74) is 1.15. The Kier molecular flexibility index (Phi) is 6.99. The molecule has 0 aliphatic carbocycles. The van der Waals surface area contributed by atoms with Crippen molar-refractivity contribution in [3.8, 4) is 10.4 Å². The van der Waals surface area contributed by atoms with E-state index in [2.05, 4.69) is 28.2 Å². The van der Waals surface area contributed by atoms with Gasteiger partial charge in [-0.05, 0) is 31.4 Å². The molecule has 1 aliphatic heterocycles. The summed E-state index contributed by atoms with van der Waals surface area (Å²) in [5.74, 6) is 0.474. The fourth-order valence-electron chi connectivity index (χ4n) is 4.08. The molecule has 1 fully saturated rings. The van der Waals surface area contributed by atoms with Gasteiger partial charge in [0.05, 0.1) is 17.9 Å². The van der Waals surface area contributed by atoms with Gasteiger partial charge in [0.15, 0.2) is 0 Å². The number of fused-ring (bicyclic) bond motifs is 1. The molecule has 1 aliphatic rings. The summed E-state index contributed by atoms with van der Waals surface area (Å²) < 4.78 is 5.14. The number of rotatable bonds is 7. The van der Waals surface area contributed by atoms with Gasteiger partial charge < -0.3 is 14.5 Å². The Bertz CT molecular complexity index is 1090. The minimum atomic E-state index is -0.214. The number of anilines is 1. The van der Waals surface area contributed by atoms with Crippen molar-refractivity contribution >= 4 is 39.2 Å². The van der Waals surface area contributed by atoms with E-state index in [0.717, 1.165) is 39.3 Å². The molecule has 2 aromatic heterocycles. The van der Waals surface area contributed by atoms with Crippen molar-refractivity contribution in [3.63, 3.8) is 0 Å². The van der Waals surface area contributed by atoms with Crippen molar-refractivity contribution < 1.29 is 14.3 Å². The number of hydrogen-bond donors (Lipinski definition) is 0. The van der Waals surface area contributed by atoms with E-state index >= 15 is 0 Å². The summed E-state index contributed by atoms with van der Waals surface area (Å²) in [6.07, 6.45) is 3.56. The number of hydrogen-bond acceptors (Lipinski definition) is 7. The van der Waals surface area contributed by atoms with Crippen molar-refractivity contribution in [3.05, 3.63) is 42.7 Å². The van der Waals surface area contributed by atoms with Crippen LogP contribution in [-0.2, 0) is 14.3 Å². The minimum absolute atomic E-state index is 0.0615. The van der Waals surface area contributed by atoms with Gasteiger partial charge in [0.1, 0.15) is 17.0 Å². The summed E-state index contributed by atoms with van der Waals surface area (Å²) in [6, 6.07) is 12.3. The highest BCUT2D eigenvalue weighted by Crippen LogP contribution is 2.35. The van der Waals surface area contributed by atoms with Gasteiger partial charge in [-0.15, -0.1) is 11.3 Å². The molecule has 32 heavy (non-hydrogen) atoms. The number of piperidine rings is 1. The van der Waals surface area contributed by atoms with E-state index in [-0.39, 0.29) is 17.8 Å². The molecule has 1 saturated heterocycles. The number of benzene rings is 1. The van der Waals surface area contributed by atoms with Crippen LogP contribution in [0.3, 0.4) is 0 Å². The number of ether oxygens (including phenoxy) is 1. The molecule has 1 aromatic carbocycles. The highest BCUT2D eigenvalue weighted by atomic mass is 32.1. The fourth-order valence-corrected chi connectivity index (χ4v) is 5.07. The van der Waals surface area contributed by atoms with E-state index in [1.165, 1.54) is 0 Å². The zero-order valence-corrected chi connectivity index (χ0v) is 19.3. The van der Waals surface area contributed by atoms with E-state index in [0.29, 0.717) is 32.7 Å². The molecule has 0 radical (unpaired) electrons. The molecule has 3 aromatic rings. The molecule has 3 heterocycles. The number of carbonyl (C=O) groups excluding carboxylic acids is 2. The predicted octanol–water partition coefficient (Wildman–Crippen LogP) is 3.99. The molecular weight excluding hydrogens is 424 g/mol. The van der Waals surface area contributed by atoms with E-state index < -0.39 is 0 Å². The van der Waals surface area contributed by atoms with Crippen LogP contribution in [0.5, 0.6) is 0 Å². The molecule has 1 amide bonds. The topological polar surface area (TPSA) is 75.6 Å². The molecule has 4 rings (SSSR count). The standard InChI is InChI=1S/C24H28N4O3S/c1-3-31-24(30)18-10-7-12-28(15-18)21(29)11-13-27(2)22-19-14-20(17-8-5-4-6-9-17)32-23(19)26-16-25-22/h4-6,8-9,14,16,18H,3,7,10-13,15H2,1-2H3. The summed E-state index contributed by atoms with van der Waals surface area (Å²) in [7, 11) is 1.95. The zero-order chi connectivity index (χ0) is 22.5. The number of likely N-dealkylation sites (tertiary alicyclic amines) is 1. The molecule has 168 valence electrons. The maximum Gasteiger partial charge on any atom is 0.310 e. The molecule has 0 spiro atoms. The lowest BCUT2D eigenvalue weighted by Gasteiger charge is -2.32. The smallest absolute Gasteiger partial charge is 0.310 e. The number of carbonyl (C=O) groups is 2. The van der Waals surface area contributed by atoms with Crippen LogP contribution >= 0.6 is 11.3 Å². The number of esters is 1. The van der Waals surface area contributed by atoms with Crippen LogP contribution in [0, 0.1) is 5.92 Å². The lowest BCUT2D eigenvalue weighted by atomic mass is 9.98. The van der Waals surface area contributed by atoms with Gasteiger partial charge in [0, 0.05) is 38.0 Å². The SMILES string of the molecule is CCOC(=O)C1CCCN(C(=O)CCN(C)c2ncnc3sc(-c4ccccc4)cc23)C1. The van der Waals surface area contributed by atoms with Gasteiger partial charge in [-0.25, -0.2) is 9.97 Å². The van der Waals surface area contributed by atoms with Gasteiger partial charge in [-0.3, -0.25) is 9.59 Å². The highest BCUT2D eigenvalue weighted by Gasteiger charge is 2.29. The molecular formula is C24H28N4O3S. The second-order valence-electron chi connectivity index (χ2n) is 8.00. The van der Waals surface area contributed by atoms with E-state index in [4.69, 9.17) is 4.74 Å². The summed E-state index contributed by atoms with van der Waals surface area (Å²) in [4.78, 5) is 39.7. The molecule has 1 atom stereocenters. The van der Waals surface area contributed by atoms with Gasteiger partial charge in [0.2, 0.25) is 5.91 Å². The number of nitrogens with zero attached hydrogens (tertiary/aromatic N) is 4. The maximum absolute atomic E-state index is 12.8. The normalized spacial score (nSPS) is 16.2. The lowest BCUT2D eigenvalue weighted by Crippen LogP contribution is -2.43. The van der Waals surface area contributed by atoms with Crippen LogP contribution in [0.15, 0.2) is 42.7 Å². The van der Waals surface area contributed by atoms with Crippen molar-refractivity contribution in [1.82, 2.24) is 14.9 Å². The van der Waals surface area contributed by atoms with E-state index in [1.807, 2.05) is 30.1 Å². The van der Waals surface area contributed by atoms with Crippen LogP contribution in [0.1, 0.15) is 26.2 Å². The van der Waals surface area contributed by atoms with Gasteiger partial charge >= 0.3 is 5.97 Å². The third-order valence-corrected chi connectivity index (χ3v) is 6.88. The molecule has 0 bridgehead atoms. The second kappa shape index (κ2) is 10.1. The third kappa shape index (κ3) is 4.91. The first-order valence-corrected chi connectivity index (χ1v) is 11.8. The van der Waals surface area contributed by atoms with Gasteiger partial charge in [0.25, 0.3) is 0 Å². The molecule has 8 heteroatoms. The number of aromatic nitrogens is 2. The maximum atomic E-state index is 12.8. The Morgan fingerprint density at radius 2 is 2.06 bits per heavy atom. The monoisotopic (exact) mass is 452 g/mol. The minimum Gasteiger partial charge on any atom is -0.466 e. The number of amides is 1. The fraction of sp³-hybridized carbons (Fsp3) is 0.417. The molecule has 7 nitrogen and oxygen atoms in total. The number of thiophene rings is 1. The first-order valence-electron chi connectivity index (χ1n) is 11.0. The Labute approximate surface area is 192 Å². The average Bonchev–Trinajstić information content (AvgIpc) is 3.27. The largest absolute Gasteiger partial charge is 0.466 e. The van der Waals surface area contributed by atoms with Crippen molar-refractivity contribution in [2.24, 2.45) is 5.92 Å². The van der Waals surface area contributed by atoms with Gasteiger partial charge in [-0.1, -0.05) is 30.3 Å². The van der Waals surface area contributed by atoms with Crippen LogP contribution in [0.2, 0.25) is 0 Å². The third-order valence-electron chi connectivity index (χ3n) is 5.78. The average molecular weight is 453 g/mol. The lowest BCUT2D eigenvalue weighted by molar-refractivity contribution is -0.151. The first-order chi connectivity index (χ1) is 15.6. The van der Waals surface area contributed by atoms with Crippen molar-refractivity contribution in [1.29, 1.82) is 0 Å². The highest BCUT2D eigenvalue weighted by molar-refractivity contribution is 7.21. The Morgan fingerprint density at radius 1 is 1.25 bits per heavy atom. The predicted molar refractivity (Wildman–Crippen MR) is 127 cm³/mol. The zero-order valence-electron chi connectivity index (χ0n) is 18.5. The first kappa shape index (κ1) is 22.2. The Morgan fingerprint density at radius 3 is 2.84 bits per heavy atom. The van der Waals surface area contributed by atoms with Crippen LogP contribution < -0.4 is 4.90 Å². The van der Waals surface area contributed by atoms with Crippen LogP contribution in [0.4, 0.5) is 5.82 Å². The summed E-state index contributed by atoms with van der Waals surface area (Å²) in [6.45, 7) is 3.86. The van der Waals surface area contributed by atoms with Crippen LogP contribution in [0.25, 0.3) is 20.7 Å². The van der Waals surface area contributed by atoms with Crippen LogP contribution in [-0.4, -0.2) is 60.0 Å². The molecule has 1 unspecified atom stereocenters. The molecule has 0 N–H and O–H groups in total. The Hall–Kier alpha value is -3.00. The quantitative estimate of drug-likeness (QED) is 0.505. The van der Waals surface area contributed by atoms with Crippen molar-refractivity contribution in [2.75, 3.05) is 38.2 Å². The van der Waals surface area contributed by atoms with E-state index in [9.17, 15) is 9.59 Å². The Balaban J connectivity index is 1.42.